The summed E-state index contributed by atoms with van der Waals surface area (Å²) < 4.78 is 1.83. The molecule has 26 heavy (non-hydrogen) atoms. The predicted molar refractivity (Wildman–Crippen MR) is 117 cm³/mol. The van der Waals surface area contributed by atoms with Gasteiger partial charge in [-0.25, -0.2) is 4.68 Å². The molecular weight excluding hydrogens is 461 g/mol. The molecule has 0 aliphatic heterocycles. The molecule has 0 saturated heterocycles. The van der Waals surface area contributed by atoms with Gasteiger partial charge >= 0.3 is 0 Å². The third-order valence-corrected chi connectivity index (χ3v) is 4.16. The molecule has 2 aromatic carbocycles. The molecule has 0 radical (unpaired) electrons. The highest BCUT2D eigenvalue weighted by Gasteiger charge is 2.02. The van der Waals surface area contributed by atoms with Crippen LogP contribution in [0.1, 0.15) is 11.1 Å². The van der Waals surface area contributed by atoms with Crippen LogP contribution in [-0.2, 0) is 13.1 Å². The molecule has 1 aromatic heterocycles. The molecule has 0 spiro atoms. The van der Waals surface area contributed by atoms with Crippen LogP contribution in [0, 0.1) is 0 Å². The van der Waals surface area contributed by atoms with Crippen molar-refractivity contribution >= 4 is 41.5 Å². The summed E-state index contributed by atoms with van der Waals surface area (Å²) >= 11 is 6.17. The fraction of sp³-hybridized carbons (Fsp3) is 0.158. The quantitative estimate of drug-likeness (QED) is 0.329. The van der Waals surface area contributed by atoms with Crippen LogP contribution in [0.5, 0.6) is 0 Å². The second kappa shape index (κ2) is 10.2. The lowest BCUT2D eigenvalue weighted by atomic mass is 10.2. The Hall–Kier alpha value is -2.06. The van der Waals surface area contributed by atoms with Gasteiger partial charge in [-0.1, -0.05) is 41.9 Å². The number of rotatable bonds is 5. The average molecular weight is 482 g/mol. The van der Waals surface area contributed by atoms with Gasteiger partial charge in [-0.2, -0.15) is 5.10 Å². The van der Waals surface area contributed by atoms with Crippen molar-refractivity contribution in [3.8, 4) is 5.69 Å². The lowest BCUT2D eigenvalue weighted by Crippen LogP contribution is -2.36. The Kier molecular flexibility index (Phi) is 7.93. The van der Waals surface area contributed by atoms with E-state index >= 15 is 0 Å². The molecule has 2 N–H and O–H groups in total. The van der Waals surface area contributed by atoms with Crippen molar-refractivity contribution in [2.24, 2.45) is 4.99 Å². The first-order valence-corrected chi connectivity index (χ1v) is 8.41. The van der Waals surface area contributed by atoms with Crippen molar-refractivity contribution in [1.82, 2.24) is 20.4 Å². The van der Waals surface area contributed by atoms with E-state index in [1.54, 1.807) is 13.2 Å². The normalized spacial score (nSPS) is 10.9. The third-order valence-electron chi connectivity index (χ3n) is 3.79. The summed E-state index contributed by atoms with van der Waals surface area (Å²) in [5.74, 6) is 0.732. The zero-order chi connectivity index (χ0) is 17.5. The van der Waals surface area contributed by atoms with Gasteiger partial charge in [0.1, 0.15) is 0 Å². The van der Waals surface area contributed by atoms with Crippen LogP contribution in [0.4, 0.5) is 0 Å². The summed E-state index contributed by atoms with van der Waals surface area (Å²) in [7, 11) is 1.75. The Balaban J connectivity index is 0.00000243. The minimum absolute atomic E-state index is 0. The largest absolute Gasteiger partial charge is 0.352 e. The first-order chi connectivity index (χ1) is 12.3. The first kappa shape index (κ1) is 20.3. The fourth-order valence-electron chi connectivity index (χ4n) is 2.42. The van der Waals surface area contributed by atoms with Crippen LogP contribution >= 0.6 is 35.6 Å². The molecule has 0 bridgehead atoms. The van der Waals surface area contributed by atoms with E-state index in [9.17, 15) is 0 Å². The van der Waals surface area contributed by atoms with Crippen molar-refractivity contribution in [2.45, 2.75) is 13.1 Å². The molecule has 136 valence electrons. The molecule has 0 atom stereocenters. The molecule has 5 nitrogen and oxygen atoms in total. The molecule has 3 rings (SSSR count). The number of benzene rings is 2. The van der Waals surface area contributed by atoms with Gasteiger partial charge in [0, 0.05) is 37.6 Å². The van der Waals surface area contributed by atoms with Crippen LogP contribution in [0.3, 0.4) is 0 Å². The molecule has 1 heterocycles. The second-order valence-corrected chi connectivity index (χ2v) is 5.90. The fourth-order valence-corrected chi connectivity index (χ4v) is 2.62. The first-order valence-electron chi connectivity index (χ1n) is 8.03. The van der Waals surface area contributed by atoms with Gasteiger partial charge in [0.05, 0.1) is 5.69 Å². The Morgan fingerprint density at radius 1 is 1.04 bits per heavy atom. The maximum atomic E-state index is 6.17. The van der Waals surface area contributed by atoms with Crippen LogP contribution in [-0.4, -0.2) is 22.8 Å². The summed E-state index contributed by atoms with van der Waals surface area (Å²) in [6.45, 7) is 1.30. The van der Waals surface area contributed by atoms with Gasteiger partial charge in [-0.3, -0.25) is 4.99 Å². The molecule has 7 heteroatoms. The highest BCUT2D eigenvalue weighted by molar-refractivity contribution is 14.0. The van der Waals surface area contributed by atoms with E-state index in [1.165, 1.54) is 0 Å². The zero-order valence-electron chi connectivity index (χ0n) is 14.4. The Morgan fingerprint density at radius 2 is 1.77 bits per heavy atom. The average Bonchev–Trinajstić information content (AvgIpc) is 3.18. The number of nitrogens with one attached hydrogen (secondary N) is 2. The van der Waals surface area contributed by atoms with E-state index in [-0.39, 0.29) is 24.0 Å². The number of aliphatic imine (C=N–C) groups is 1. The van der Waals surface area contributed by atoms with Crippen molar-refractivity contribution in [1.29, 1.82) is 0 Å². The van der Waals surface area contributed by atoms with E-state index in [0.29, 0.717) is 13.1 Å². The predicted octanol–water partition coefficient (Wildman–Crippen LogP) is 4.01. The van der Waals surface area contributed by atoms with Gasteiger partial charge in [0.2, 0.25) is 0 Å². The summed E-state index contributed by atoms with van der Waals surface area (Å²) in [4.78, 5) is 4.24. The second-order valence-electron chi connectivity index (χ2n) is 5.49. The topological polar surface area (TPSA) is 54.2 Å². The Labute approximate surface area is 175 Å². The van der Waals surface area contributed by atoms with Gasteiger partial charge in [0.15, 0.2) is 5.96 Å². The van der Waals surface area contributed by atoms with E-state index < -0.39 is 0 Å². The maximum Gasteiger partial charge on any atom is 0.191 e. The number of nitrogens with zero attached hydrogens (tertiary/aromatic N) is 3. The molecule has 0 unspecified atom stereocenters. The smallest absolute Gasteiger partial charge is 0.191 e. The molecule has 0 aliphatic rings. The third kappa shape index (κ3) is 5.47. The minimum atomic E-state index is 0. The highest BCUT2D eigenvalue weighted by Crippen LogP contribution is 2.14. The van der Waals surface area contributed by atoms with Gasteiger partial charge in [0.25, 0.3) is 0 Å². The lowest BCUT2D eigenvalue weighted by Gasteiger charge is -2.13. The zero-order valence-corrected chi connectivity index (χ0v) is 17.5. The van der Waals surface area contributed by atoms with Crippen molar-refractivity contribution in [2.75, 3.05) is 7.05 Å². The molecular formula is C19H21ClIN5. The number of hydrogen-bond donors (Lipinski definition) is 2. The van der Waals surface area contributed by atoms with Crippen LogP contribution in [0.2, 0.25) is 5.02 Å². The monoisotopic (exact) mass is 481 g/mol. The van der Waals surface area contributed by atoms with Crippen molar-refractivity contribution in [3.63, 3.8) is 0 Å². The van der Waals surface area contributed by atoms with Gasteiger partial charge in [-0.05, 0) is 35.4 Å². The van der Waals surface area contributed by atoms with Crippen LogP contribution in [0.25, 0.3) is 5.69 Å². The van der Waals surface area contributed by atoms with E-state index in [4.69, 9.17) is 11.6 Å². The summed E-state index contributed by atoms with van der Waals surface area (Å²) in [6.07, 6.45) is 3.69. The molecule has 0 amide bonds. The number of guanidine groups is 1. The standard InChI is InChI=1S/C19H20ClN5.HI/c1-21-19(23-14-16-5-2-3-6-18(16)20)22-13-15-7-9-17(10-8-15)25-12-4-11-24-25;/h2-12H,13-14H2,1H3,(H2,21,22,23);1H. The van der Waals surface area contributed by atoms with E-state index in [2.05, 4.69) is 32.9 Å². The SMILES string of the molecule is CN=C(NCc1ccc(-n2cccn2)cc1)NCc1ccccc1Cl.I. The minimum Gasteiger partial charge on any atom is -0.352 e. The number of halogens is 2. The highest BCUT2D eigenvalue weighted by atomic mass is 127. The van der Waals surface area contributed by atoms with Crippen molar-refractivity contribution in [3.05, 3.63) is 83.1 Å². The maximum absolute atomic E-state index is 6.17. The molecule has 0 aliphatic carbocycles. The Morgan fingerprint density at radius 3 is 2.42 bits per heavy atom. The summed E-state index contributed by atoms with van der Waals surface area (Å²) in [6, 6.07) is 17.9. The summed E-state index contributed by atoms with van der Waals surface area (Å²) in [5.41, 5.74) is 3.24. The lowest BCUT2D eigenvalue weighted by molar-refractivity contribution is 0.808. The van der Waals surface area contributed by atoms with Crippen LogP contribution < -0.4 is 10.6 Å². The summed E-state index contributed by atoms with van der Waals surface area (Å²) in [5, 5.41) is 11.5. The van der Waals surface area contributed by atoms with Gasteiger partial charge in [-0.15, -0.1) is 24.0 Å². The molecule has 0 fully saturated rings. The van der Waals surface area contributed by atoms with Crippen LogP contribution in [0.15, 0.2) is 72.0 Å². The molecule has 0 saturated carbocycles. The Bertz CT molecular complexity index is 831. The van der Waals surface area contributed by atoms with Crippen molar-refractivity contribution < 1.29 is 0 Å². The van der Waals surface area contributed by atoms with E-state index in [0.717, 1.165) is 27.8 Å². The molecule has 3 aromatic rings. The number of hydrogen-bond acceptors (Lipinski definition) is 2. The number of aromatic nitrogens is 2. The van der Waals surface area contributed by atoms with Gasteiger partial charge < -0.3 is 10.6 Å². The van der Waals surface area contributed by atoms with E-state index in [1.807, 2.05) is 53.3 Å².